The first-order chi connectivity index (χ1) is 9.63. The summed E-state index contributed by atoms with van der Waals surface area (Å²) in [4.78, 5) is 11.0. The fraction of sp³-hybridized carbons (Fsp3) is 0.125. The van der Waals surface area contributed by atoms with E-state index in [4.69, 9.17) is 10.00 Å². The quantitative estimate of drug-likeness (QED) is 0.799. The van der Waals surface area contributed by atoms with E-state index in [1.807, 2.05) is 19.1 Å². The highest BCUT2D eigenvalue weighted by Crippen LogP contribution is 2.23. The van der Waals surface area contributed by atoms with Gasteiger partial charge in [0.25, 0.3) is 0 Å². The van der Waals surface area contributed by atoms with Gasteiger partial charge in [0, 0.05) is 0 Å². The van der Waals surface area contributed by atoms with Gasteiger partial charge in [-0.2, -0.15) is 5.26 Å². The molecule has 3 nitrogen and oxygen atoms in total. The van der Waals surface area contributed by atoms with Crippen molar-refractivity contribution in [3.05, 3.63) is 64.5 Å². The summed E-state index contributed by atoms with van der Waals surface area (Å²) in [6.45, 7) is 1.92. The molecule has 2 aromatic rings. The van der Waals surface area contributed by atoms with Crippen molar-refractivity contribution in [1.82, 2.24) is 0 Å². The van der Waals surface area contributed by atoms with Crippen LogP contribution in [-0.4, -0.2) is 6.29 Å². The molecule has 0 spiro atoms. The Hall–Kier alpha value is -2.67. The third-order valence-corrected chi connectivity index (χ3v) is 2.84. The topological polar surface area (TPSA) is 50.1 Å². The van der Waals surface area contributed by atoms with E-state index in [1.165, 1.54) is 6.07 Å². The van der Waals surface area contributed by atoms with Crippen LogP contribution in [0.1, 0.15) is 27.0 Å². The molecular weight excluding hydrogens is 257 g/mol. The molecule has 0 N–H and O–H groups in total. The van der Waals surface area contributed by atoms with E-state index >= 15 is 0 Å². The highest BCUT2D eigenvalue weighted by Gasteiger charge is 2.07. The Bertz CT molecular complexity index is 689. The van der Waals surface area contributed by atoms with Crippen molar-refractivity contribution in [1.29, 1.82) is 5.26 Å². The average molecular weight is 269 g/mol. The standard InChI is InChI=1S/C16H12FNO2/c1-11-3-2-4-14(9-19)16(11)20-10-13-5-12(8-18)6-15(17)7-13/h2-7,9H,10H2,1H3. The first-order valence-corrected chi connectivity index (χ1v) is 6.01. The van der Waals surface area contributed by atoms with E-state index in [-0.39, 0.29) is 12.2 Å². The summed E-state index contributed by atoms with van der Waals surface area (Å²) in [6, 6.07) is 11.2. The fourth-order valence-electron chi connectivity index (χ4n) is 1.92. The number of hydrogen-bond acceptors (Lipinski definition) is 3. The Morgan fingerprint density at radius 2 is 2.15 bits per heavy atom. The second-order valence-corrected chi connectivity index (χ2v) is 4.36. The fourth-order valence-corrected chi connectivity index (χ4v) is 1.92. The van der Waals surface area contributed by atoms with Crippen LogP contribution >= 0.6 is 0 Å². The van der Waals surface area contributed by atoms with Crippen molar-refractivity contribution in [2.75, 3.05) is 0 Å². The molecule has 0 radical (unpaired) electrons. The summed E-state index contributed by atoms with van der Waals surface area (Å²) >= 11 is 0. The summed E-state index contributed by atoms with van der Waals surface area (Å²) in [7, 11) is 0. The Morgan fingerprint density at radius 1 is 1.35 bits per heavy atom. The monoisotopic (exact) mass is 269 g/mol. The van der Waals surface area contributed by atoms with Crippen molar-refractivity contribution in [3.63, 3.8) is 0 Å². The lowest BCUT2D eigenvalue weighted by molar-refractivity contribution is 0.111. The van der Waals surface area contributed by atoms with Gasteiger partial charge >= 0.3 is 0 Å². The zero-order valence-electron chi connectivity index (χ0n) is 10.9. The maximum Gasteiger partial charge on any atom is 0.153 e. The third-order valence-electron chi connectivity index (χ3n) is 2.84. The number of hydrogen-bond donors (Lipinski definition) is 0. The zero-order valence-corrected chi connectivity index (χ0v) is 10.9. The first-order valence-electron chi connectivity index (χ1n) is 6.01. The molecule has 0 saturated heterocycles. The zero-order chi connectivity index (χ0) is 14.5. The summed E-state index contributed by atoms with van der Waals surface area (Å²) in [5.41, 5.74) is 2.05. The second-order valence-electron chi connectivity index (χ2n) is 4.36. The van der Waals surface area contributed by atoms with Gasteiger partial charge in [-0.25, -0.2) is 4.39 Å². The molecule has 0 unspecified atom stereocenters. The summed E-state index contributed by atoms with van der Waals surface area (Å²) in [5, 5.41) is 8.79. The first kappa shape index (κ1) is 13.8. The number of ether oxygens (including phenoxy) is 1. The summed E-state index contributed by atoms with van der Waals surface area (Å²) in [6.07, 6.45) is 0.717. The molecule has 2 rings (SSSR count). The van der Waals surface area contributed by atoms with Gasteiger partial charge in [-0.1, -0.05) is 12.1 Å². The Kier molecular flexibility index (Phi) is 4.11. The van der Waals surface area contributed by atoms with Crippen LogP contribution in [0.2, 0.25) is 0 Å². The average Bonchev–Trinajstić information content (AvgIpc) is 2.45. The van der Waals surface area contributed by atoms with Gasteiger partial charge in [-0.05, 0) is 42.3 Å². The lowest BCUT2D eigenvalue weighted by Crippen LogP contribution is -2.01. The minimum Gasteiger partial charge on any atom is -0.488 e. The highest BCUT2D eigenvalue weighted by atomic mass is 19.1. The maximum atomic E-state index is 13.3. The predicted molar refractivity (Wildman–Crippen MR) is 72.0 cm³/mol. The normalized spacial score (nSPS) is 9.85. The van der Waals surface area contributed by atoms with Crippen LogP contribution in [0.5, 0.6) is 5.75 Å². The van der Waals surface area contributed by atoms with Crippen LogP contribution in [-0.2, 0) is 6.61 Å². The Morgan fingerprint density at radius 3 is 2.85 bits per heavy atom. The summed E-state index contributed by atoms with van der Waals surface area (Å²) in [5.74, 6) is -0.00619. The number of nitrogens with zero attached hydrogens (tertiary/aromatic N) is 1. The molecule has 0 amide bonds. The molecule has 0 aliphatic carbocycles. The smallest absolute Gasteiger partial charge is 0.153 e. The number of aryl methyl sites for hydroxylation is 1. The van der Waals surface area contributed by atoms with Gasteiger partial charge in [-0.15, -0.1) is 0 Å². The van der Waals surface area contributed by atoms with Crippen LogP contribution in [0.4, 0.5) is 4.39 Å². The van der Waals surface area contributed by atoms with Crippen molar-refractivity contribution >= 4 is 6.29 Å². The van der Waals surface area contributed by atoms with Gasteiger partial charge < -0.3 is 4.74 Å². The molecule has 0 heterocycles. The largest absolute Gasteiger partial charge is 0.488 e. The SMILES string of the molecule is Cc1cccc(C=O)c1OCc1cc(F)cc(C#N)c1. The van der Waals surface area contributed by atoms with Crippen LogP contribution < -0.4 is 4.74 Å². The van der Waals surface area contributed by atoms with Crippen LogP contribution in [0.25, 0.3) is 0 Å². The van der Waals surface area contributed by atoms with E-state index in [0.717, 1.165) is 11.6 Å². The molecule has 20 heavy (non-hydrogen) atoms. The molecule has 0 atom stereocenters. The number of benzene rings is 2. The maximum absolute atomic E-state index is 13.3. The van der Waals surface area contributed by atoms with E-state index in [0.29, 0.717) is 23.2 Å². The van der Waals surface area contributed by atoms with Crippen LogP contribution in [0.3, 0.4) is 0 Å². The number of aldehydes is 1. The van der Waals surface area contributed by atoms with Gasteiger partial charge in [0.15, 0.2) is 6.29 Å². The Labute approximate surface area is 116 Å². The van der Waals surface area contributed by atoms with E-state index in [1.54, 1.807) is 18.2 Å². The molecule has 100 valence electrons. The molecule has 0 aliphatic heterocycles. The van der Waals surface area contributed by atoms with Crippen molar-refractivity contribution in [3.8, 4) is 11.8 Å². The van der Waals surface area contributed by atoms with Crippen LogP contribution in [0.15, 0.2) is 36.4 Å². The summed E-state index contributed by atoms with van der Waals surface area (Å²) < 4.78 is 18.9. The predicted octanol–water partition coefficient (Wildman–Crippen LogP) is 3.40. The second kappa shape index (κ2) is 5.98. The number of halogens is 1. The van der Waals surface area contributed by atoms with E-state index in [9.17, 15) is 9.18 Å². The lowest BCUT2D eigenvalue weighted by atomic mass is 10.1. The van der Waals surface area contributed by atoms with Gasteiger partial charge in [0.1, 0.15) is 18.2 Å². The number of para-hydroxylation sites is 1. The molecule has 0 bridgehead atoms. The molecule has 4 heteroatoms. The number of carbonyl (C=O) groups excluding carboxylic acids is 1. The minimum absolute atomic E-state index is 0.0954. The van der Waals surface area contributed by atoms with Gasteiger partial charge in [0.05, 0.1) is 17.2 Å². The minimum atomic E-state index is -0.483. The van der Waals surface area contributed by atoms with Gasteiger partial charge in [0.2, 0.25) is 0 Å². The Balaban J connectivity index is 2.23. The highest BCUT2D eigenvalue weighted by molar-refractivity contribution is 5.80. The molecule has 0 aliphatic rings. The number of carbonyl (C=O) groups is 1. The van der Waals surface area contributed by atoms with Crippen molar-refractivity contribution < 1.29 is 13.9 Å². The van der Waals surface area contributed by atoms with Gasteiger partial charge in [-0.3, -0.25) is 4.79 Å². The molecule has 0 fully saturated rings. The third kappa shape index (κ3) is 3.01. The van der Waals surface area contributed by atoms with Crippen molar-refractivity contribution in [2.24, 2.45) is 0 Å². The molecule has 2 aromatic carbocycles. The van der Waals surface area contributed by atoms with Crippen LogP contribution in [0, 0.1) is 24.1 Å². The molecular formula is C16H12FNO2. The lowest BCUT2D eigenvalue weighted by Gasteiger charge is -2.11. The number of rotatable bonds is 4. The van der Waals surface area contributed by atoms with Crippen molar-refractivity contribution in [2.45, 2.75) is 13.5 Å². The molecule has 0 aromatic heterocycles. The van der Waals surface area contributed by atoms with E-state index < -0.39 is 5.82 Å². The van der Waals surface area contributed by atoms with E-state index in [2.05, 4.69) is 0 Å². The molecule has 0 saturated carbocycles. The number of nitriles is 1.